The first-order chi connectivity index (χ1) is 63.3. The first kappa shape index (κ1) is 21.2. The van der Waals surface area contributed by atoms with E-state index in [2.05, 4.69) is 23.4 Å². The smallest absolute Gasteiger partial charge is 0.268 e. The summed E-state index contributed by atoms with van der Waals surface area (Å²) < 4.78 is 532. The fourth-order valence-corrected chi connectivity index (χ4v) is 10.8. The van der Waals surface area contributed by atoms with Crippen molar-refractivity contribution in [3.05, 3.63) is 221 Å². The van der Waals surface area contributed by atoms with E-state index in [0.29, 0.717) is 22.9 Å². The first-order valence-electron chi connectivity index (χ1n) is 54.1. The molecule has 0 atom stereocenters. The number of para-hydroxylation sites is 4. The number of aromatic nitrogens is 4. The van der Waals surface area contributed by atoms with E-state index in [4.69, 9.17) is 58.2 Å². The van der Waals surface area contributed by atoms with Crippen molar-refractivity contribution in [1.82, 2.24) is 14.1 Å². The third-order valence-corrected chi connectivity index (χ3v) is 14.8. The molecule has 0 radical (unpaired) electrons. The Bertz CT molecular complexity index is 6720. The van der Waals surface area contributed by atoms with E-state index in [1.165, 1.54) is 59.2 Å². The van der Waals surface area contributed by atoms with Gasteiger partial charge in [-0.05, 0) is 168 Å². The van der Waals surface area contributed by atoms with Crippen molar-refractivity contribution in [1.29, 1.82) is 0 Å². The zero-order valence-electron chi connectivity index (χ0n) is 101. The maximum absolute atomic E-state index is 10.4. The molecule has 0 fully saturated rings. The third-order valence-electron chi connectivity index (χ3n) is 14.8. The van der Waals surface area contributed by atoms with Gasteiger partial charge in [0.15, 0.2) is 0 Å². The van der Waals surface area contributed by atoms with Gasteiger partial charge in [0.2, 0.25) is 0 Å². The summed E-state index contributed by atoms with van der Waals surface area (Å²) in [6, 6.07) is 19.1. The van der Waals surface area contributed by atoms with Crippen LogP contribution in [0.1, 0.15) is 238 Å². The van der Waals surface area contributed by atoms with Crippen LogP contribution < -0.4 is 9.30 Å². The second-order valence-corrected chi connectivity index (χ2v) is 20.5. The average molecular weight is 1350 g/mol. The van der Waals surface area contributed by atoms with Crippen molar-refractivity contribution in [2.24, 2.45) is 0 Å². The standard InChI is InChI=1S/C79H78N4O.Pt/c1-50-42-72(80-48-61(50)53-30-35-64-67(45-53)79(12,13)41-38-76(64,6)7)83-68-25-15-14-22-59(68)60-32-31-56(47-71(60)83)84-55-21-18-20-54(46-55)81-49-82(70-27-17-16-26-69(70)81)73-57(51-28-33-62-65(43-51)77(8,9)39-36-74(62,2)3)23-19-24-58(73)52-29-34-63-66(44-52)78(10,11)40-37-75(63,4)5;/h14-35,42-45,48H,36-41H2,1-13H3;/q-2;/i1D3,2D3,3D3,4D3,5D3,6D3,7D3,8D3,9D3,10D3,11D3,12D3,13D3,28D,29D,33D,34D,36D2,37D2,38D2,39D2,40D2,41D2,43D,44D;. The Balaban J connectivity index is 0.0000169. The fourth-order valence-electron chi connectivity index (χ4n) is 10.8. The van der Waals surface area contributed by atoms with Gasteiger partial charge in [0, 0.05) is 120 Å². The molecule has 0 saturated carbocycles. The number of hydrogen-bond donors (Lipinski definition) is 0. The van der Waals surface area contributed by atoms with Gasteiger partial charge < -0.3 is 13.9 Å². The van der Waals surface area contributed by atoms with Crippen LogP contribution in [0.4, 0.5) is 0 Å². The molecule has 0 amide bonds. The van der Waals surface area contributed by atoms with E-state index < -0.39 is 274 Å². The summed E-state index contributed by atoms with van der Waals surface area (Å²) in [6.07, 6.45) is -24.6. The average Bonchev–Trinajstić information content (AvgIpc) is 0.671. The number of rotatable bonds is 8. The van der Waals surface area contributed by atoms with Crippen molar-refractivity contribution in [3.63, 3.8) is 0 Å². The van der Waals surface area contributed by atoms with Crippen molar-refractivity contribution < 1.29 is 109 Å². The summed E-state index contributed by atoms with van der Waals surface area (Å²) in [4.78, 5) is 4.64. The molecule has 0 unspecified atom stereocenters. The molecule has 3 aromatic heterocycles. The summed E-state index contributed by atoms with van der Waals surface area (Å²) in [5.74, 6) is -0.753. The SMILES string of the molecule is [2H]c1c([2H])c2c(c([2H])c1-c1cccc(-c3c([2H])c([2H])c4c(c3[2H])C(C([2H])([2H])[2H])(C([2H])([2H])[2H])C([2H])([2H])C([2H])([2H])C4(C([2H])([2H])[2H])C([2H])([2H])[2H])c1-[n+]1[c-]n(-c3[c-]c(Oc4[c-]c5c(cc4)c4ccccc4n5-c4cc(C([2H])([2H])[2H])c(-c5ccc6c(c5)C(C([2H])([2H])[2H])(C([2H])([2H])[2H])C([2H])([2H])C([2H])([2H])C6(C([2H])([2H])[2H])C([2H])([2H])[2H])cn4)ccc3)c3ccccc31)C(C([2H])([2H])[2H])(C([2H])([2H])[2H])C([2H])([2H])C([2H])([2H])C2(C([2H])([2H])[2H])C([2H])([2H])[2H].[Pt]. The summed E-state index contributed by atoms with van der Waals surface area (Å²) in [6.45, 7) is -57.1. The Hall–Kier alpha value is -7.33. The Morgan fingerprint density at radius 1 is 0.518 bits per heavy atom. The van der Waals surface area contributed by atoms with Crippen LogP contribution in [0, 0.1) is 25.3 Å². The Morgan fingerprint density at radius 3 is 1.74 bits per heavy atom. The molecule has 3 heterocycles. The zero-order chi connectivity index (χ0) is 107. The second-order valence-electron chi connectivity index (χ2n) is 20.5. The van der Waals surface area contributed by atoms with Crippen molar-refractivity contribution in [3.8, 4) is 62.1 Å². The summed E-state index contributed by atoms with van der Waals surface area (Å²) >= 11 is 0. The molecule has 0 spiro atoms. The molecule has 8 aromatic carbocycles. The van der Waals surface area contributed by atoms with Crippen molar-refractivity contribution >= 4 is 32.8 Å². The monoisotopic (exact) mass is 1350 g/mol. The van der Waals surface area contributed by atoms with Crippen molar-refractivity contribution in [2.45, 2.75) is 160 Å². The molecule has 3 aliphatic rings. The van der Waals surface area contributed by atoms with Crippen LogP contribution in [0.3, 0.4) is 0 Å². The molecule has 14 rings (SSSR count). The number of nitrogens with zero attached hydrogens (tertiary/aromatic N) is 4. The molecular weight excluding hydrogens is 1220 g/mol. The Kier molecular flexibility index (Phi) is 5.03. The van der Waals surface area contributed by atoms with E-state index in [1.54, 1.807) is 24.3 Å². The van der Waals surface area contributed by atoms with Gasteiger partial charge in [-0.25, -0.2) is 4.98 Å². The Labute approximate surface area is 598 Å². The number of fused-ring (bicyclic) bond motifs is 7. The minimum absolute atomic E-state index is 0. The molecular formula is C79H78N4OPt-2. The molecule has 5 nitrogen and oxygen atoms in total. The molecule has 432 valence electrons. The largest absolute Gasteiger partial charge is 0.510 e. The molecule has 6 heteroatoms. The minimum atomic E-state index is -4.95. The third kappa shape index (κ3) is 9.45. The van der Waals surface area contributed by atoms with Crippen LogP contribution in [-0.2, 0) is 53.6 Å². The van der Waals surface area contributed by atoms with Gasteiger partial charge >= 0.3 is 0 Å². The molecule has 11 aromatic rings. The first-order valence-corrected chi connectivity index (χ1v) is 25.6. The van der Waals surface area contributed by atoms with E-state index in [1.807, 2.05) is 0 Å². The van der Waals surface area contributed by atoms with Crippen LogP contribution in [0.2, 0.25) is 0 Å². The zero-order valence-corrected chi connectivity index (χ0v) is 45.9. The minimum Gasteiger partial charge on any atom is -0.510 e. The van der Waals surface area contributed by atoms with Gasteiger partial charge in [-0.2, -0.15) is 18.2 Å². The van der Waals surface area contributed by atoms with Gasteiger partial charge in [-0.3, -0.25) is 4.57 Å². The quantitative estimate of drug-likeness (QED) is 0.112. The van der Waals surface area contributed by atoms with Crippen LogP contribution in [0.15, 0.2) is 164 Å². The van der Waals surface area contributed by atoms with E-state index in [9.17, 15) is 24.7 Å². The predicted octanol–water partition coefficient (Wildman–Crippen LogP) is 19.9. The van der Waals surface area contributed by atoms with Gasteiger partial charge in [-0.1, -0.05) is 203 Å². The maximum Gasteiger partial charge on any atom is 0.268 e. The molecule has 0 saturated heterocycles. The van der Waals surface area contributed by atoms with Gasteiger partial charge in [0.25, 0.3) is 6.33 Å². The summed E-state index contributed by atoms with van der Waals surface area (Å²) in [7, 11) is 0. The number of ether oxygens (including phenoxy) is 1. The molecule has 0 aliphatic heterocycles. The maximum atomic E-state index is 10.4. The van der Waals surface area contributed by atoms with Crippen LogP contribution in [0.25, 0.3) is 83.4 Å². The second kappa shape index (κ2) is 20.1. The normalized spacial score (nSPS) is 33.0. The number of hydrogen-bond acceptors (Lipinski definition) is 2. The van der Waals surface area contributed by atoms with Crippen LogP contribution in [0.5, 0.6) is 11.5 Å². The van der Waals surface area contributed by atoms with E-state index in [0.717, 1.165) is 45.7 Å². The van der Waals surface area contributed by atoms with Crippen molar-refractivity contribution in [2.75, 3.05) is 0 Å². The molecule has 3 aliphatic carbocycles. The Morgan fingerprint density at radius 2 is 1.09 bits per heavy atom. The van der Waals surface area contributed by atoms with Gasteiger partial charge in [0.05, 0.1) is 24.9 Å². The molecule has 0 bridgehead atoms. The van der Waals surface area contributed by atoms with Crippen LogP contribution in [-0.4, -0.2) is 14.1 Å². The van der Waals surface area contributed by atoms with E-state index >= 15 is 0 Å². The fraction of sp³-hybridized carbons (Fsp3) is 0.316. The van der Waals surface area contributed by atoms with E-state index in [-0.39, 0.29) is 66.1 Å². The summed E-state index contributed by atoms with van der Waals surface area (Å²) in [5, 5.41) is 0.776. The van der Waals surface area contributed by atoms with Gasteiger partial charge in [0.1, 0.15) is 5.82 Å². The summed E-state index contributed by atoms with van der Waals surface area (Å²) in [5.41, 5.74) is -45.8. The number of imidazole rings is 1. The predicted molar refractivity (Wildman–Crippen MR) is 347 cm³/mol. The van der Waals surface area contributed by atoms with Gasteiger partial charge in [-0.15, -0.1) is 29.7 Å². The number of pyridine rings is 1. The molecule has 85 heavy (non-hydrogen) atoms. The number of benzene rings is 8. The topological polar surface area (TPSA) is 35.9 Å². The number of aryl methyl sites for hydroxylation is 1. The molecule has 0 N–H and O–H groups in total. The van der Waals surface area contributed by atoms with Crippen LogP contribution >= 0.6 is 0 Å².